The lowest BCUT2D eigenvalue weighted by Crippen LogP contribution is -2.41. The zero-order valence-corrected chi connectivity index (χ0v) is 11.8. The van der Waals surface area contributed by atoms with Crippen LogP contribution < -0.4 is 5.56 Å². The van der Waals surface area contributed by atoms with E-state index in [1.165, 1.54) is 22.2 Å². The van der Waals surface area contributed by atoms with Crippen LogP contribution >= 0.6 is 11.3 Å². The molecule has 0 aliphatic carbocycles. The SMILES string of the molecule is O=C(CCn1cnc2sccc2c1=O)N1CCOCC1. The van der Waals surface area contributed by atoms with Gasteiger partial charge < -0.3 is 9.64 Å². The fourth-order valence-electron chi connectivity index (χ4n) is 2.24. The quantitative estimate of drug-likeness (QED) is 0.836. The second kappa shape index (κ2) is 5.72. The van der Waals surface area contributed by atoms with Crippen LogP contribution in [0.15, 0.2) is 22.6 Å². The summed E-state index contributed by atoms with van der Waals surface area (Å²) in [5, 5.41) is 2.47. The number of thiophene rings is 1. The fourth-order valence-corrected chi connectivity index (χ4v) is 2.96. The highest BCUT2D eigenvalue weighted by molar-refractivity contribution is 7.16. The van der Waals surface area contributed by atoms with Crippen LogP contribution in [0.4, 0.5) is 0 Å². The van der Waals surface area contributed by atoms with Crippen molar-refractivity contribution in [3.05, 3.63) is 28.1 Å². The van der Waals surface area contributed by atoms with E-state index in [1.54, 1.807) is 11.0 Å². The molecule has 2 aromatic rings. The predicted molar refractivity (Wildman–Crippen MR) is 75.9 cm³/mol. The second-order valence-corrected chi connectivity index (χ2v) is 5.52. The summed E-state index contributed by atoms with van der Waals surface area (Å²) in [6, 6.07) is 1.77. The monoisotopic (exact) mass is 293 g/mol. The molecule has 0 aromatic carbocycles. The van der Waals surface area contributed by atoms with Crippen LogP contribution in [0.3, 0.4) is 0 Å². The number of amides is 1. The number of fused-ring (bicyclic) bond motifs is 1. The first-order valence-electron chi connectivity index (χ1n) is 6.54. The number of rotatable bonds is 3. The number of hydrogen-bond acceptors (Lipinski definition) is 5. The lowest BCUT2D eigenvalue weighted by molar-refractivity contribution is -0.135. The van der Waals surface area contributed by atoms with Gasteiger partial charge in [0.05, 0.1) is 24.9 Å². The van der Waals surface area contributed by atoms with E-state index in [0.29, 0.717) is 44.7 Å². The third-order valence-electron chi connectivity index (χ3n) is 3.38. The van der Waals surface area contributed by atoms with E-state index in [0.717, 1.165) is 4.83 Å². The average molecular weight is 293 g/mol. The van der Waals surface area contributed by atoms with Gasteiger partial charge in [-0.3, -0.25) is 14.2 Å². The fraction of sp³-hybridized carbons (Fsp3) is 0.462. The van der Waals surface area contributed by atoms with Gasteiger partial charge >= 0.3 is 0 Å². The van der Waals surface area contributed by atoms with Crippen molar-refractivity contribution in [3.63, 3.8) is 0 Å². The molecule has 1 fully saturated rings. The van der Waals surface area contributed by atoms with Gasteiger partial charge in [-0.1, -0.05) is 0 Å². The maximum atomic E-state index is 12.2. The highest BCUT2D eigenvalue weighted by Crippen LogP contribution is 2.13. The van der Waals surface area contributed by atoms with Crippen LogP contribution in [0.2, 0.25) is 0 Å². The van der Waals surface area contributed by atoms with Crippen molar-refractivity contribution in [1.29, 1.82) is 0 Å². The molecule has 3 heterocycles. The number of hydrogen-bond donors (Lipinski definition) is 0. The molecule has 0 unspecified atom stereocenters. The van der Waals surface area contributed by atoms with E-state index in [9.17, 15) is 9.59 Å². The number of morpholine rings is 1. The summed E-state index contributed by atoms with van der Waals surface area (Å²) in [5.41, 5.74) is -0.0778. The first-order valence-corrected chi connectivity index (χ1v) is 7.42. The molecule has 2 aromatic heterocycles. The van der Waals surface area contributed by atoms with Crippen molar-refractivity contribution in [3.8, 4) is 0 Å². The minimum absolute atomic E-state index is 0.0608. The number of carbonyl (C=O) groups excluding carboxylic acids is 1. The lowest BCUT2D eigenvalue weighted by atomic mass is 10.3. The Morgan fingerprint density at radius 2 is 2.20 bits per heavy atom. The van der Waals surface area contributed by atoms with Crippen molar-refractivity contribution in [2.45, 2.75) is 13.0 Å². The summed E-state index contributed by atoms with van der Waals surface area (Å²) in [4.78, 5) is 30.9. The number of aromatic nitrogens is 2. The molecule has 1 amide bonds. The smallest absolute Gasteiger partial charge is 0.262 e. The molecule has 0 N–H and O–H groups in total. The Hall–Kier alpha value is -1.73. The molecule has 3 rings (SSSR count). The van der Waals surface area contributed by atoms with Crippen LogP contribution in [-0.4, -0.2) is 46.7 Å². The van der Waals surface area contributed by atoms with E-state index in [2.05, 4.69) is 4.98 Å². The topological polar surface area (TPSA) is 64.4 Å². The molecule has 0 bridgehead atoms. The first-order chi connectivity index (χ1) is 9.75. The van der Waals surface area contributed by atoms with Crippen molar-refractivity contribution in [1.82, 2.24) is 14.5 Å². The van der Waals surface area contributed by atoms with E-state index >= 15 is 0 Å². The first kappa shape index (κ1) is 13.3. The maximum absolute atomic E-state index is 12.2. The minimum Gasteiger partial charge on any atom is -0.378 e. The molecule has 0 atom stereocenters. The molecule has 0 spiro atoms. The Morgan fingerprint density at radius 3 is 3.00 bits per heavy atom. The number of nitrogens with zero attached hydrogens (tertiary/aromatic N) is 3. The normalized spacial score (nSPS) is 15.7. The van der Waals surface area contributed by atoms with Gasteiger partial charge in [0.1, 0.15) is 4.83 Å². The molecule has 1 aliphatic heterocycles. The van der Waals surface area contributed by atoms with Crippen molar-refractivity contribution in [2.24, 2.45) is 0 Å². The van der Waals surface area contributed by atoms with E-state index in [-0.39, 0.29) is 11.5 Å². The van der Waals surface area contributed by atoms with Gasteiger partial charge in [-0.2, -0.15) is 0 Å². The number of ether oxygens (including phenoxy) is 1. The summed E-state index contributed by atoms with van der Waals surface area (Å²) in [5.74, 6) is 0.0608. The van der Waals surface area contributed by atoms with Gasteiger partial charge in [0.15, 0.2) is 0 Å². The largest absolute Gasteiger partial charge is 0.378 e. The molecule has 106 valence electrons. The minimum atomic E-state index is -0.0778. The molecular formula is C13H15N3O3S. The molecule has 7 heteroatoms. The van der Waals surface area contributed by atoms with Crippen LogP contribution in [0.5, 0.6) is 0 Å². The van der Waals surface area contributed by atoms with E-state index in [4.69, 9.17) is 4.74 Å². The van der Waals surface area contributed by atoms with E-state index < -0.39 is 0 Å². The highest BCUT2D eigenvalue weighted by Gasteiger charge is 2.16. The van der Waals surface area contributed by atoms with Crippen LogP contribution in [0.1, 0.15) is 6.42 Å². The molecule has 1 aliphatic rings. The Labute approximate surface area is 119 Å². The van der Waals surface area contributed by atoms with E-state index in [1.807, 2.05) is 5.38 Å². The average Bonchev–Trinajstić information content (AvgIpc) is 2.96. The predicted octanol–water partition coefficient (Wildman–Crippen LogP) is 0.707. The Kier molecular flexibility index (Phi) is 3.79. The Balaban J connectivity index is 1.68. The van der Waals surface area contributed by atoms with Crippen LogP contribution in [-0.2, 0) is 16.1 Å². The zero-order valence-electron chi connectivity index (χ0n) is 10.9. The highest BCUT2D eigenvalue weighted by atomic mass is 32.1. The Morgan fingerprint density at radius 1 is 1.40 bits per heavy atom. The van der Waals surface area contributed by atoms with Crippen molar-refractivity contribution >= 4 is 27.5 Å². The summed E-state index contributed by atoms with van der Waals surface area (Å²) in [6.07, 6.45) is 1.84. The number of aryl methyl sites for hydroxylation is 1. The van der Waals surface area contributed by atoms with Gasteiger partial charge in [-0.15, -0.1) is 11.3 Å². The van der Waals surface area contributed by atoms with Gasteiger partial charge in [0, 0.05) is 26.1 Å². The molecule has 0 radical (unpaired) electrons. The van der Waals surface area contributed by atoms with Crippen LogP contribution in [0.25, 0.3) is 10.2 Å². The van der Waals surface area contributed by atoms with Crippen molar-refractivity contribution in [2.75, 3.05) is 26.3 Å². The van der Waals surface area contributed by atoms with Crippen molar-refractivity contribution < 1.29 is 9.53 Å². The third-order valence-corrected chi connectivity index (χ3v) is 4.20. The van der Waals surface area contributed by atoms with Gasteiger partial charge in [0.25, 0.3) is 5.56 Å². The second-order valence-electron chi connectivity index (χ2n) is 4.63. The van der Waals surface area contributed by atoms with Crippen LogP contribution in [0, 0.1) is 0 Å². The zero-order chi connectivity index (χ0) is 13.9. The summed E-state index contributed by atoms with van der Waals surface area (Å²) in [6.45, 7) is 2.82. The lowest BCUT2D eigenvalue weighted by Gasteiger charge is -2.26. The standard InChI is InChI=1S/C13H15N3O3S/c17-11(15-4-6-19-7-5-15)1-3-16-9-14-12-10(13(16)18)2-8-20-12/h2,8-9H,1,3-7H2. The molecule has 6 nitrogen and oxygen atoms in total. The van der Waals surface area contributed by atoms with Gasteiger partial charge in [0.2, 0.25) is 5.91 Å². The summed E-state index contributed by atoms with van der Waals surface area (Å²) in [7, 11) is 0. The molecule has 0 saturated carbocycles. The summed E-state index contributed by atoms with van der Waals surface area (Å²) >= 11 is 1.44. The molecule has 1 saturated heterocycles. The Bertz CT molecular complexity index is 673. The third kappa shape index (κ3) is 2.59. The van der Waals surface area contributed by atoms with Gasteiger partial charge in [-0.05, 0) is 11.4 Å². The summed E-state index contributed by atoms with van der Waals surface area (Å²) < 4.78 is 6.72. The number of carbonyl (C=O) groups is 1. The molecule has 20 heavy (non-hydrogen) atoms. The maximum Gasteiger partial charge on any atom is 0.262 e. The van der Waals surface area contributed by atoms with Gasteiger partial charge in [-0.25, -0.2) is 4.98 Å². The molecular weight excluding hydrogens is 278 g/mol.